The normalized spacial score (nSPS) is 22.7. The number of rotatable bonds is 4. The molecule has 2 bridgehead atoms. The average molecular weight is 370 g/mol. The van der Waals surface area contributed by atoms with E-state index in [1.165, 1.54) is 6.42 Å². The number of nitrogens with zero attached hydrogens (tertiary/aromatic N) is 3. The molecule has 0 radical (unpaired) electrons. The third kappa shape index (κ3) is 2.53. The van der Waals surface area contributed by atoms with E-state index >= 15 is 0 Å². The molecule has 3 aliphatic rings. The number of methoxy groups -OCH3 is 1. The monoisotopic (exact) mass is 370 g/mol. The average Bonchev–Trinajstić information content (AvgIpc) is 3.30. The molecule has 26 heavy (non-hydrogen) atoms. The first-order chi connectivity index (χ1) is 12.5. The van der Waals surface area contributed by atoms with Crippen LogP contribution >= 0.6 is 11.3 Å². The minimum atomic E-state index is -0.407. The fourth-order valence-corrected chi connectivity index (χ4v) is 4.46. The minimum Gasteiger partial charge on any atom is -0.423 e. The summed E-state index contributed by atoms with van der Waals surface area (Å²) in [6.07, 6.45) is 3.08. The number of benzene rings is 1. The largest absolute Gasteiger partial charge is 0.423 e. The lowest BCUT2D eigenvalue weighted by Gasteiger charge is -2.47. The van der Waals surface area contributed by atoms with Crippen molar-refractivity contribution in [1.82, 2.24) is 15.3 Å². The van der Waals surface area contributed by atoms with Crippen LogP contribution in [0.1, 0.15) is 25.8 Å². The Morgan fingerprint density at radius 2 is 2.08 bits per heavy atom. The first-order valence-corrected chi connectivity index (χ1v) is 9.82. The van der Waals surface area contributed by atoms with Gasteiger partial charge < -0.3 is 19.4 Å². The van der Waals surface area contributed by atoms with Crippen molar-refractivity contribution >= 4 is 28.5 Å². The Morgan fingerprint density at radius 3 is 2.73 bits per heavy atom. The van der Waals surface area contributed by atoms with Crippen LogP contribution < -0.4 is 10.2 Å². The molecule has 2 atom stereocenters. The number of nitrogens with one attached hydrogen (secondary N) is 1. The molecule has 2 unspecified atom stereocenters. The lowest BCUT2D eigenvalue weighted by Crippen LogP contribution is -2.67. The third-order valence-electron chi connectivity index (χ3n) is 5.54. The first-order valence-electron chi connectivity index (χ1n) is 8.94. The molecule has 1 N–H and O–H groups in total. The number of fused-ring (bicyclic) bond motifs is 3. The van der Waals surface area contributed by atoms with Crippen molar-refractivity contribution in [3.8, 4) is 10.6 Å². The van der Waals surface area contributed by atoms with Crippen molar-refractivity contribution in [2.75, 3.05) is 25.1 Å². The fraction of sp³-hybridized carbons (Fsp3) is 0.474. The molecule has 0 saturated carbocycles. The highest BCUT2D eigenvalue weighted by atomic mass is 32.1. The molecule has 3 saturated heterocycles. The molecule has 3 fully saturated rings. The summed E-state index contributed by atoms with van der Waals surface area (Å²) in [5.74, 6) is 0. The fourth-order valence-electron chi connectivity index (χ4n) is 3.81. The highest BCUT2D eigenvalue weighted by Gasteiger charge is 2.38. The van der Waals surface area contributed by atoms with Gasteiger partial charge in [0.15, 0.2) is 5.58 Å². The number of aromatic nitrogens is 2. The maximum Gasteiger partial charge on any atom is 0.298 e. The lowest BCUT2D eigenvalue weighted by molar-refractivity contribution is 0.0193. The van der Waals surface area contributed by atoms with E-state index < -0.39 is 5.60 Å². The minimum absolute atomic E-state index is 0.407. The van der Waals surface area contributed by atoms with E-state index in [2.05, 4.69) is 41.2 Å². The SMILES string of the molecule is COC(C)(C)c1cc(-c2nccs2)c2oc(N3CC4CC(C3)N4)nc2c1. The van der Waals surface area contributed by atoms with Crippen molar-refractivity contribution in [3.63, 3.8) is 0 Å². The second-order valence-electron chi connectivity index (χ2n) is 7.62. The van der Waals surface area contributed by atoms with Gasteiger partial charge in [-0.15, -0.1) is 11.3 Å². The Morgan fingerprint density at radius 1 is 1.31 bits per heavy atom. The number of anilines is 1. The van der Waals surface area contributed by atoms with Crippen molar-refractivity contribution in [2.45, 2.75) is 38.0 Å². The highest BCUT2D eigenvalue weighted by Crippen LogP contribution is 2.38. The summed E-state index contributed by atoms with van der Waals surface area (Å²) in [5, 5.41) is 6.47. The van der Waals surface area contributed by atoms with Gasteiger partial charge in [-0.3, -0.25) is 0 Å². The van der Waals surface area contributed by atoms with E-state index in [0.29, 0.717) is 18.1 Å². The van der Waals surface area contributed by atoms with Crippen LogP contribution in [-0.2, 0) is 10.3 Å². The lowest BCUT2D eigenvalue weighted by atomic mass is 9.92. The predicted molar refractivity (Wildman–Crippen MR) is 103 cm³/mol. The molecule has 3 aliphatic heterocycles. The van der Waals surface area contributed by atoms with Gasteiger partial charge in [-0.2, -0.15) is 4.98 Å². The van der Waals surface area contributed by atoms with Crippen LogP contribution in [0.25, 0.3) is 21.7 Å². The van der Waals surface area contributed by atoms with E-state index in [9.17, 15) is 0 Å². The van der Waals surface area contributed by atoms with Crippen LogP contribution in [0, 0.1) is 0 Å². The number of thiazole rings is 1. The van der Waals surface area contributed by atoms with Crippen molar-refractivity contribution < 1.29 is 9.15 Å². The van der Waals surface area contributed by atoms with Gasteiger partial charge in [-0.25, -0.2) is 4.98 Å². The van der Waals surface area contributed by atoms with Crippen LogP contribution in [0.2, 0.25) is 0 Å². The molecule has 7 heteroatoms. The van der Waals surface area contributed by atoms with Gasteiger partial charge in [0, 0.05) is 43.9 Å². The third-order valence-corrected chi connectivity index (χ3v) is 6.35. The molecule has 0 amide bonds. The molecule has 5 heterocycles. The summed E-state index contributed by atoms with van der Waals surface area (Å²) in [6.45, 7) is 6.02. The van der Waals surface area contributed by atoms with Crippen molar-refractivity contribution in [3.05, 3.63) is 29.3 Å². The van der Waals surface area contributed by atoms with Crippen LogP contribution in [0.3, 0.4) is 0 Å². The van der Waals surface area contributed by atoms with E-state index in [-0.39, 0.29) is 0 Å². The topological polar surface area (TPSA) is 63.4 Å². The highest BCUT2D eigenvalue weighted by molar-refractivity contribution is 7.13. The first kappa shape index (κ1) is 16.2. The van der Waals surface area contributed by atoms with E-state index in [0.717, 1.165) is 40.3 Å². The summed E-state index contributed by atoms with van der Waals surface area (Å²) in [5.41, 5.74) is 3.31. The van der Waals surface area contributed by atoms with Gasteiger partial charge in [0.25, 0.3) is 6.01 Å². The van der Waals surface area contributed by atoms with Gasteiger partial charge in [0.2, 0.25) is 0 Å². The number of piperazine rings is 1. The zero-order valence-electron chi connectivity index (χ0n) is 15.2. The van der Waals surface area contributed by atoms with E-state index in [1.54, 1.807) is 18.4 Å². The van der Waals surface area contributed by atoms with Crippen molar-refractivity contribution in [1.29, 1.82) is 0 Å². The predicted octanol–water partition coefficient (Wildman–Crippen LogP) is 3.38. The Kier molecular flexibility index (Phi) is 3.60. The molecule has 2 aromatic heterocycles. The van der Waals surface area contributed by atoms with Crippen LogP contribution in [0.15, 0.2) is 28.1 Å². The molecular formula is C19H22N4O2S. The standard InChI is InChI=1S/C19H22N4O2S/c1-19(2,24-3)11-6-14(17-20-4-5-26-17)16-15(7-11)22-18(25-16)23-9-12-8-13(10-23)21-12/h4-7,12-13,21H,8-10H2,1-3H3. The summed E-state index contributed by atoms with van der Waals surface area (Å²) >= 11 is 1.61. The molecule has 6 nitrogen and oxygen atoms in total. The molecule has 0 spiro atoms. The van der Waals surface area contributed by atoms with Crippen molar-refractivity contribution in [2.24, 2.45) is 0 Å². The second-order valence-corrected chi connectivity index (χ2v) is 8.52. The maximum absolute atomic E-state index is 6.25. The molecule has 6 rings (SSSR count). The quantitative estimate of drug-likeness (QED) is 0.760. The Bertz CT molecular complexity index is 934. The number of hydrogen-bond donors (Lipinski definition) is 1. The van der Waals surface area contributed by atoms with E-state index in [1.807, 2.05) is 11.6 Å². The Hall–Kier alpha value is -1.96. The number of ether oxygens (including phenoxy) is 1. The summed E-state index contributed by atoms with van der Waals surface area (Å²) < 4.78 is 11.9. The summed E-state index contributed by atoms with van der Waals surface area (Å²) in [4.78, 5) is 11.6. The van der Waals surface area contributed by atoms with Crippen LogP contribution in [-0.4, -0.2) is 42.3 Å². The molecule has 0 aliphatic carbocycles. The summed E-state index contributed by atoms with van der Waals surface area (Å²) in [7, 11) is 1.73. The van der Waals surface area contributed by atoms with Gasteiger partial charge in [-0.1, -0.05) is 0 Å². The van der Waals surface area contributed by atoms with Gasteiger partial charge in [0.1, 0.15) is 10.5 Å². The zero-order valence-corrected chi connectivity index (χ0v) is 16.0. The number of piperidine rings is 1. The molecule has 1 aromatic carbocycles. The Labute approximate surface area is 156 Å². The van der Waals surface area contributed by atoms with Gasteiger partial charge in [-0.05, 0) is 38.0 Å². The van der Waals surface area contributed by atoms with Gasteiger partial charge in [0.05, 0.1) is 11.2 Å². The zero-order chi connectivity index (χ0) is 17.9. The van der Waals surface area contributed by atoms with Gasteiger partial charge >= 0.3 is 0 Å². The maximum atomic E-state index is 6.25. The second kappa shape index (κ2) is 5.77. The molecule has 3 aromatic rings. The number of oxazole rings is 1. The van der Waals surface area contributed by atoms with E-state index in [4.69, 9.17) is 14.1 Å². The number of hydrogen-bond acceptors (Lipinski definition) is 7. The van der Waals surface area contributed by atoms with Crippen LogP contribution in [0.4, 0.5) is 6.01 Å². The smallest absolute Gasteiger partial charge is 0.298 e. The molecule has 136 valence electrons. The molecular weight excluding hydrogens is 348 g/mol. The Balaban J connectivity index is 1.64. The summed E-state index contributed by atoms with van der Waals surface area (Å²) in [6, 6.07) is 6.03. The van der Waals surface area contributed by atoms with Crippen LogP contribution in [0.5, 0.6) is 0 Å².